The smallest absolute Gasteiger partial charge is 0.419 e. The number of carbonyl (C=O) groups excluding carboxylic acids is 1. The Morgan fingerprint density at radius 3 is 2.64 bits per heavy atom. The average molecular weight is 357 g/mol. The summed E-state index contributed by atoms with van der Waals surface area (Å²) < 4.78 is 43.9. The highest BCUT2D eigenvalue weighted by Crippen LogP contribution is 2.25. The zero-order valence-electron chi connectivity index (χ0n) is 13.5. The lowest BCUT2D eigenvalue weighted by molar-refractivity contribution is -0.128. The summed E-state index contributed by atoms with van der Waals surface area (Å²) in [5.41, 5.74) is 0.329. The summed E-state index contributed by atoms with van der Waals surface area (Å²) in [7, 11) is 0. The van der Waals surface area contributed by atoms with Crippen molar-refractivity contribution in [1.82, 2.24) is 14.5 Å². The Hall–Kier alpha value is -2.42. The third-order valence-corrected chi connectivity index (χ3v) is 3.38. The lowest BCUT2D eigenvalue weighted by Crippen LogP contribution is -2.21. The van der Waals surface area contributed by atoms with Gasteiger partial charge in [0.1, 0.15) is 18.3 Å². The standard InChI is InChI=1S/C16H18F3N3O3/c1-2-3-8-25-15(24)22-10-12(21-13(22)9-16(17,18)19)14(23)11-4-6-20-7-5-11/h4-7,10,14,23H,2-3,8-9H2,1H3. The van der Waals surface area contributed by atoms with Gasteiger partial charge in [0.15, 0.2) is 0 Å². The Bertz CT molecular complexity index is 702. The van der Waals surface area contributed by atoms with Gasteiger partial charge in [-0.15, -0.1) is 0 Å². The molecule has 2 rings (SSSR count). The van der Waals surface area contributed by atoms with E-state index < -0.39 is 30.6 Å². The molecule has 0 aliphatic heterocycles. The van der Waals surface area contributed by atoms with Crippen molar-refractivity contribution in [3.63, 3.8) is 0 Å². The molecule has 1 atom stereocenters. The van der Waals surface area contributed by atoms with Crippen LogP contribution in [0.2, 0.25) is 0 Å². The second-order valence-corrected chi connectivity index (χ2v) is 5.39. The maximum atomic E-state index is 12.7. The Balaban J connectivity index is 2.30. The third-order valence-electron chi connectivity index (χ3n) is 3.38. The van der Waals surface area contributed by atoms with Crippen LogP contribution in [0.5, 0.6) is 0 Å². The highest BCUT2D eigenvalue weighted by Gasteiger charge is 2.32. The van der Waals surface area contributed by atoms with Crippen molar-refractivity contribution in [1.29, 1.82) is 0 Å². The first-order valence-corrected chi connectivity index (χ1v) is 7.72. The van der Waals surface area contributed by atoms with Gasteiger partial charge in [0, 0.05) is 18.6 Å². The second-order valence-electron chi connectivity index (χ2n) is 5.39. The minimum Gasteiger partial charge on any atom is -0.449 e. The molecule has 2 aromatic rings. The minimum absolute atomic E-state index is 0.0714. The minimum atomic E-state index is -4.55. The van der Waals surface area contributed by atoms with Gasteiger partial charge in [-0.2, -0.15) is 13.2 Å². The van der Waals surface area contributed by atoms with Gasteiger partial charge in [-0.25, -0.2) is 14.3 Å². The summed E-state index contributed by atoms with van der Waals surface area (Å²) >= 11 is 0. The van der Waals surface area contributed by atoms with Crippen molar-refractivity contribution in [3.8, 4) is 0 Å². The predicted molar refractivity (Wildman–Crippen MR) is 81.9 cm³/mol. The average Bonchev–Trinajstić information content (AvgIpc) is 2.97. The molecule has 25 heavy (non-hydrogen) atoms. The SMILES string of the molecule is CCCCOC(=O)n1cc(C(O)c2ccncc2)nc1CC(F)(F)F. The first-order chi connectivity index (χ1) is 11.8. The molecule has 0 aliphatic carbocycles. The van der Waals surface area contributed by atoms with Crippen LogP contribution in [0.4, 0.5) is 18.0 Å². The third kappa shape index (κ3) is 5.28. The first kappa shape index (κ1) is 18.9. The number of alkyl halides is 3. The number of imidazole rings is 1. The van der Waals surface area contributed by atoms with Gasteiger partial charge >= 0.3 is 12.3 Å². The van der Waals surface area contributed by atoms with Crippen LogP contribution < -0.4 is 0 Å². The van der Waals surface area contributed by atoms with Gasteiger partial charge < -0.3 is 9.84 Å². The molecule has 0 saturated heterocycles. The summed E-state index contributed by atoms with van der Waals surface area (Å²) in [6, 6.07) is 3.01. The number of aliphatic hydroxyl groups is 1. The fraction of sp³-hybridized carbons (Fsp3) is 0.438. The highest BCUT2D eigenvalue weighted by molar-refractivity contribution is 5.71. The number of carbonyl (C=O) groups is 1. The molecule has 1 unspecified atom stereocenters. The number of hydrogen-bond acceptors (Lipinski definition) is 5. The maximum Gasteiger partial charge on any atom is 0.419 e. The highest BCUT2D eigenvalue weighted by atomic mass is 19.4. The van der Waals surface area contributed by atoms with E-state index in [2.05, 4.69) is 9.97 Å². The molecule has 0 spiro atoms. The van der Waals surface area contributed by atoms with Gasteiger partial charge in [-0.3, -0.25) is 4.98 Å². The number of unbranched alkanes of at least 4 members (excludes halogenated alkanes) is 1. The van der Waals surface area contributed by atoms with E-state index in [0.717, 1.165) is 12.6 Å². The molecular formula is C16H18F3N3O3. The largest absolute Gasteiger partial charge is 0.449 e. The molecule has 6 nitrogen and oxygen atoms in total. The fourth-order valence-electron chi connectivity index (χ4n) is 2.12. The number of rotatable bonds is 6. The fourth-order valence-corrected chi connectivity index (χ4v) is 2.12. The molecule has 0 radical (unpaired) electrons. The first-order valence-electron chi connectivity index (χ1n) is 7.72. The summed E-state index contributed by atoms with van der Waals surface area (Å²) in [5, 5.41) is 10.3. The normalized spacial score (nSPS) is 12.8. The Kier molecular flexibility index (Phi) is 6.13. The van der Waals surface area contributed by atoms with Crippen LogP contribution in [0.1, 0.15) is 43.0 Å². The molecule has 0 aromatic carbocycles. The molecule has 0 fully saturated rings. The number of aliphatic hydroxyl groups excluding tert-OH is 1. The summed E-state index contributed by atoms with van der Waals surface area (Å²) in [6.07, 6.45) is -2.87. The van der Waals surface area contributed by atoms with Crippen LogP contribution in [-0.4, -0.2) is 38.5 Å². The zero-order valence-corrected chi connectivity index (χ0v) is 13.5. The van der Waals surface area contributed by atoms with Gasteiger partial charge in [0.05, 0.1) is 12.3 Å². The van der Waals surface area contributed by atoms with E-state index in [0.29, 0.717) is 16.6 Å². The molecule has 2 heterocycles. The van der Waals surface area contributed by atoms with E-state index in [1.54, 1.807) is 0 Å². The number of hydrogen-bond donors (Lipinski definition) is 1. The second kappa shape index (κ2) is 8.11. The van der Waals surface area contributed by atoms with Crippen molar-refractivity contribution < 1.29 is 27.8 Å². The molecule has 0 amide bonds. The van der Waals surface area contributed by atoms with E-state index in [-0.39, 0.29) is 12.3 Å². The van der Waals surface area contributed by atoms with Crippen molar-refractivity contribution in [2.45, 2.75) is 38.5 Å². The van der Waals surface area contributed by atoms with Crippen molar-refractivity contribution in [2.75, 3.05) is 6.61 Å². The lowest BCUT2D eigenvalue weighted by atomic mass is 10.1. The molecule has 0 saturated carbocycles. The number of halogens is 3. The molecule has 136 valence electrons. The van der Waals surface area contributed by atoms with Crippen LogP contribution in [0.15, 0.2) is 30.7 Å². The van der Waals surface area contributed by atoms with Gasteiger partial charge in [-0.05, 0) is 24.1 Å². The van der Waals surface area contributed by atoms with Gasteiger partial charge in [-0.1, -0.05) is 13.3 Å². The summed E-state index contributed by atoms with van der Waals surface area (Å²) in [6.45, 7) is 1.99. The van der Waals surface area contributed by atoms with Crippen LogP contribution in [0.25, 0.3) is 0 Å². The Labute approximate surface area is 142 Å². The van der Waals surface area contributed by atoms with Crippen molar-refractivity contribution in [2.24, 2.45) is 0 Å². The molecule has 1 N–H and O–H groups in total. The van der Waals surface area contributed by atoms with E-state index >= 15 is 0 Å². The van der Waals surface area contributed by atoms with Gasteiger partial charge in [0.2, 0.25) is 0 Å². The lowest BCUT2D eigenvalue weighted by Gasteiger charge is -2.09. The Morgan fingerprint density at radius 2 is 2.04 bits per heavy atom. The van der Waals surface area contributed by atoms with Crippen LogP contribution in [0.3, 0.4) is 0 Å². The topological polar surface area (TPSA) is 77.2 Å². The molecule has 0 bridgehead atoms. The Morgan fingerprint density at radius 1 is 1.36 bits per heavy atom. The van der Waals surface area contributed by atoms with Crippen molar-refractivity contribution in [3.05, 3.63) is 47.8 Å². The summed E-state index contributed by atoms with van der Waals surface area (Å²) in [5.74, 6) is -0.530. The monoisotopic (exact) mass is 357 g/mol. The molecule has 9 heteroatoms. The molecule has 0 aliphatic rings. The van der Waals surface area contributed by atoms with E-state index in [4.69, 9.17) is 4.74 Å². The van der Waals surface area contributed by atoms with Crippen LogP contribution in [0, 0.1) is 0 Å². The van der Waals surface area contributed by atoms with Crippen LogP contribution >= 0.6 is 0 Å². The van der Waals surface area contributed by atoms with Crippen LogP contribution in [-0.2, 0) is 11.2 Å². The maximum absolute atomic E-state index is 12.7. The van der Waals surface area contributed by atoms with E-state index in [1.165, 1.54) is 24.5 Å². The van der Waals surface area contributed by atoms with E-state index in [9.17, 15) is 23.1 Å². The van der Waals surface area contributed by atoms with Gasteiger partial charge in [0.25, 0.3) is 0 Å². The zero-order chi connectivity index (χ0) is 18.4. The number of aromatic nitrogens is 3. The molecule has 2 aromatic heterocycles. The quantitative estimate of drug-likeness (QED) is 0.803. The summed E-state index contributed by atoms with van der Waals surface area (Å²) in [4.78, 5) is 19.6. The van der Waals surface area contributed by atoms with E-state index in [1.807, 2.05) is 6.92 Å². The number of ether oxygens (including phenoxy) is 1. The predicted octanol–water partition coefficient (Wildman–Crippen LogP) is 3.25. The number of nitrogens with zero attached hydrogens (tertiary/aromatic N) is 3. The number of pyridine rings is 1. The molecular weight excluding hydrogens is 339 g/mol. The van der Waals surface area contributed by atoms with Crippen molar-refractivity contribution >= 4 is 6.09 Å².